The Morgan fingerprint density at radius 2 is 1.88 bits per heavy atom. The van der Waals surface area contributed by atoms with E-state index in [0.29, 0.717) is 49.8 Å². The van der Waals surface area contributed by atoms with Gasteiger partial charge in [-0.05, 0) is 72.6 Å². The number of hydrogen-bond acceptors (Lipinski definition) is 8. The third kappa shape index (κ3) is 5.07. The first-order chi connectivity index (χ1) is 20.8. The highest BCUT2D eigenvalue weighted by molar-refractivity contribution is 6.06. The van der Waals surface area contributed by atoms with E-state index in [1.165, 1.54) is 12.1 Å². The molecule has 2 aromatic heterocycles. The zero-order chi connectivity index (χ0) is 29.7. The molecule has 2 fully saturated rings. The van der Waals surface area contributed by atoms with Crippen molar-refractivity contribution < 1.29 is 28.2 Å². The third-order valence-corrected chi connectivity index (χ3v) is 9.30. The average molecular weight is 591 g/mol. The Morgan fingerprint density at radius 1 is 1.12 bits per heavy atom. The number of benzene rings is 1. The van der Waals surface area contributed by atoms with Crippen LogP contribution in [0.4, 0.5) is 20.4 Å². The van der Waals surface area contributed by atoms with E-state index in [1.54, 1.807) is 23.4 Å². The minimum Gasteiger partial charge on any atom is -0.381 e. The smallest absolute Gasteiger partial charge is 0.239 e. The number of piperazine rings is 1. The molecule has 224 valence electrons. The van der Waals surface area contributed by atoms with Gasteiger partial charge >= 0.3 is 0 Å². The van der Waals surface area contributed by atoms with Crippen LogP contribution in [0.3, 0.4) is 0 Å². The number of halogens is 2. The van der Waals surface area contributed by atoms with Gasteiger partial charge < -0.3 is 25.8 Å². The Hall–Kier alpha value is -3.84. The van der Waals surface area contributed by atoms with Crippen molar-refractivity contribution in [2.75, 3.05) is 36.9 Å². The molecule has 0 saturated carbocycles. The molecule has 43 heavy (non-hydrogen) atoms. The molecule has 0 radical (unpaired) electrons. The zero-order valence-corrected chi connectivity index (χ0v) is 23.4. The van der Waals surface area contributed by atoms with Crippen molar-refractivity contribution in [3.8, 4) is 0 Å². The van der Waals surface area contributed by atoms with Crippen LogP contribution in [0.25, 0.3) is 0 Å². The lowest BCUT2D eigenvalue weighted by Crippen LogP contribution is -2.63. The van der Waals surface area contributed by atoms with E-state index in [9.17, 15) is 23.5 Å². The Kier molecular flexibility index (Phi) is 7.16. The normalized spacial score (nSPS) is 27.1. The number of carbonyl (C=O) groups excluding carboxylic acids is 2. The monoisotopic (exact) mass is 590 g/mol. The summed E-state index contributed by atoms with van der Waals surface area (Å²) in [4.78, 5) is 36.8. The van der Waals surface area contributed by atoms with Gasteiger partial charge in [-0.2, -0.15) is 0 Å². The minimum atomic E-state index is -1.08. The number of fused-ring (bicyclic) bond motifs is 3. The molecular formula is C31H32F2N6O4. The first kappa shape index (κ1) is 28.0. The molecular weight excluding hydrogens is 558 g/mol. The highest BCUT2D eigenvalue weighted by Gasteiger charge is 2.51. The van der Waals surface area contributed by atoms with Gasteiger partial charge in [-0.3, -0.25) is 14.5 Å². The van der Waals surface area contributed by atoms with Gasteiger partial charge in [0.2, 0.25) is 11.8 Å². The summed E-state index contributed by atoms with van der Waals surface area (Å²) < 4.78 is 33.8. The molecule has 7 rings (SSSR count). The maximum absolute atomic E-state index is 14.2. The van der Waals surface area contributed by atoms with Gasteiger partial charge in [0.25, 0.3) is 0 Å². The van der Waals surface area contributed by atoms with Gasteiger partial charge in [0.1, 0.15) is 29.5 Å². The minimum absolute atomic E-state index is 0.102. The summed E-state index contributed by atoms with van der Waals surface area (Å²) in [7, 11) is 0. The molecule has 4 atom stereocenters. The molecule has 1 aliphatic carbocycles. The molecule has 4 aliphatic rings. The second kappa shape index (κ2) is 11.0. The van der Waals surface area contributed by atoms with Gasteiger partial charge in [-0.25, -0.2) is 18.7 Å². The molecule has 3 aromatic rings. The number of nitrogens with one attached hydrogen (secondary N) is 3. The molecule has 4 N–H and O–H groups in total. The van der Waals surface area contributed by atoms with E-state index in [1.807, 2.05) is 12.1 Å². The van der Waals surface area contributed by atoms with E-state index in [2.05, 4.69) is 25.9 Å². The van der Waals surface area contributed by atoms with Gasteiger partial charge in [0.15, 0.2) is 0 Å². The summed E-state index contributed by atoms with van der Waals surface area (Å²) in [6.45, 7) is 1.25. The van der Waals surface area contributed by atoms with Crippen molar-refractivity contribution in [3.63, 3.8) is 0 Å². The Bertz CT molecular complexity index is 1560. The number of rotatable bonds is 5. The Balaban J connectivity index is 1.10. The quantitative estimate of drug-likeness (QED) is 0.357. The predicted molar refractivity (Wildman–Crippen MR) is 152 cm³/mol. The SMILES string of the molecule is O=C(CN1C(c2cc(F)cc(F)c2)CNC(C2CCOCC2)C1O)Nc1cc2c(cn1)CC1(C2)C(=O)Nc2ncccc21. The number of aliphatic hydroxyl groups is 1. The second-order valence-electron chi connectivity index (χ2n) is 11.9. The van der Waals surface area contributed by atoms with Crippen LogP contribution >= 0.6 is 0 Å². The lowest BCUT2D eigenvalue weighted by atomic mass is 9.79. The van der Waals surface area contributed by atoms with E-state index >= 15 is 0 Å². The van der Waals surface area contributed by atoms with Gasteiger partial charge in [-0.15, -0.1) is 0 Å². The molecule has 4 unspecified atom stereocenters. The van der Waals surface area contributed by atoms with Crippen LogP contribution in [0.5, 0.6) is 0 Å². The molecule has 5 heterocycles. The average Bonchev–Trinajstić information content (AvgIpc) is 3.50. The Morgan fingerprint density at radius 3 is 2.67 bits per heavy atom. The lowest BCUT2D eigenvalue weighted by molar-refractivity contribution is -0.130. The maximum Gasteiger partial charge on any atom is 0.239 e. The second-order valence-corrected chi connectivity index (χ2v) is 11.9. The van der Waals surface area contributed by atoms with Crippen molar-refractivity contribution in [1.82, 2.24) is 20.2 Å². The number of amides is 2. The summed E-state index contributed by atoms with van der Waals surface area (Å²) >= 11 is 0. The molecule has 1 aromatic carbocycles. The van der Waals surface area contributed by atoms with Crippen LogP contribution in [0.2, 0.25) is 0 Å². The zero-order valence-electron chi connectivity index (χ0n) is 23.4. The number of aliphatic hydroxyl groups excluding tert-OH is 1. The summed E-state index contributed by atoms with van der Waals surface area (Å²) in [6, 6.07) is 7.78. The number of pyridine rings is 2. The third-order valence-electron chi connectivity index (χ3n) is 9.30. The van der Waals surface area contributed by atoms with Crippen molar-refractivity contribution in [1.29, 1.82) is 0 Å². The van der Waals surface area contributed by atoms with Gasteiger partial charge in [0, 0.05) is 49.8 Å². The lowest BCUT2D eigenvalue weighted by Gasteiger charge is -2.47. The molecule has 0 bridgehead atoms. The van der Waals surface area contributed by atoms with Crippen LogP contribution in [0, 0.1) is 17.6 Å². The van der Waals surface area contributed by atoms with Gasteiger partial charge in [0.05, 0.1) is 18.0 Å². The molecule has 2 saturated heterocycles. The molecule has 12 heteroatoms. The standard InChI is InChI=1S/C31H32F2N6O4/c32-21-8-18(9-22(33)11-21)24-15-36-27(17-3-6-43-7-4-17)29(41)39(24)16-26(40)37-25-10-19-12-31(13-20(19)14-35-25)23-2-1-5-34-28(23)38-30(31)42/h1-2,5,8-11,14,17,24,27,29,36,41H,3-4,6-7,12-13,15-16H2,(H,34,38,42)(H,35,37,40). The van der Waals surface area contributed by atoms with Crippen molar-refractivity contribution in [2.24, 2.45) is 5.92 Å². The number of carbonyl (C=O) groups is 2. The first-order valence-corrected chi connectivity index (χ1v) is 14.6. The van der Waals surface area contributed by atoms with Crippen molar-refractivity contribution >= 4 is 23.5 Å². The van der Waals surface area contributed by atoms with Crippen molar-refractivity contribution in [3.05, 3.63) is 82.7 Å². The number of anilines is 2. The highest BCUT2D eigenvalue weighted by Crippen LogP contribution is 2.46. The van der Waals surface area contributed by atoms with Crippen LogP contribution in [-0.4, -0.2) is 70.4 Å². The van der Waals surface area contributed by atoms with Crippen LogP contribution < -0.4 is 16.0 Å². The fourth-order valence-corrected chi connectivity index (χ4v) is 7.20. The first-order valence-electron chi connectivity index (χ1n) is 14.6. The van der Waals surface area contributed by atoms with Crippen LogP contribution in [0.1, 0.15) is 41.1 Å². The number of aromatic nitrogens is 2. The maximum atomic E-state index is 14.2. The van der Waals surface area contributed by atoms with E-state index < -0.39 is 35.2 Å². The van der Waals surface area contributed by atoms with E-state index in [0.717, 1.165) is 35.6 Å². The van der Waals surface area contributed by atoms with Crippen molar-refractivity contribution in [2.45, 2.75) is 49.4 Å². The fourth-order valence-electron chi connectivity index (χ4n) is 7.20. The summed E-state index contributed by atoms with van der Waals surface area (Å²) in [5.41, 5.74) is 2.26. The van der Waals surface area contributed by atoms with E-state index in [4.69, 9.17) is 4.74 Å². The molecule has 2 amide bonds. The molecule has 3 aliphatic heterocycles. The largest absolute Gasteiger partial charge is 0.381 e. The molecule has 10 nitrogen and oxygen atoms in total. The predicted octanol–water partition coefficient (Wildman–Crippen LogP) is 2.44. The van der Waals surface area contributed by atoms with Crippen LogP contribution in [-0.2, 0) is 32.6 Å². The Labute approximate surface area is 246 Å². The summed E-state index contributed by atoms with van der Waals surface area (Å²) in [5, 5.41) is 20.6. The highest BCUT2D eigenvalue weighted by atomic mass is 19.1. The summed E-state index contributed by atoms with van der Waals surface area (Å²) in [5.74, 6) is -0.965. The number of hydrogen-bond donors (Lipinski definition) is 4. The fraction of sp³-hybridized carbons (Fsp3) is 0.419. The topological polar surface area (TPSA) is 129 Å². The number of ether oxygens (including phenoxy) is 1. The summed E-state index contributed by atoms with van der Waals surface area (Å²) in [6.07, 6.45) is 4.70. The van der Waals surface area contributed by atoms with Gasteiger partial charge in [-0.1, -0.05) is 6.07 Å². The molecule has 1 spiro atoms. The van der Waals surface area contributed by atoms with E-state index in [-0.39, 0.29) is 24.4 Å². The van der Waals surface area contributed by atoms with Crippen LogP contribution in [0.15, 0.2) is 48.8 Å². The number of nitrogens with zero attached hydrogens (tertiary/aromatic N) is 3.